The Bertz CT molecular complexity index is 1370. The highest BCUT2D eigenvalue weighted by Crippen LogP contribution is 2.51. The zero-order valence-corrected chi connectivity index (χ0v) is 22.3. The summed E-state index contributed by atoms with van der Waals surface area (Å²) in [6.45, 7) is 7.98. The summed E-state index contributed by atoms with van der Waals surface area (Å²) in [4.78, 5) is 0. The topological polar surface area (TPSA) is 77.4 Å². The van der Waals surface area contributed by atoms with E-state index in [2.05, 4.69) is 0 Å². The third-order valence-corrected chi connectivity index (χ3v) is 7.08. The zero-order valence-electron chi connectivity index (χ0n) is 22.3. The number of fused-ring (bicyclic) bond motifs is 2. The van der Waals surface area contributed by atoms with E-state index in [0.29, 0.717) is 57.7 Å². The summed E-state index contributed by atoms with van der Waals surface area (Å²) in [5, 5.41) is 26.4. The molecule has 6 heteroatoms. The first-order chi connectivity index (χ1) is 17.3. The van der Waals surface area contributed by atoms with Gasteiger partial charge in [-0.1, -0.05) is 26.0 Å². The monoisotopic (exact) mass is 490 g/mol. The molecule has 0 spiro atoms. The lowest BCUT2D eigenvalue weighted by atomic mass is 9.87. The molecular formula is C30H34O6. The summed E-state index contributed by atoms with van der Waals surface area (Å²) in [5.74, 6) is 2.62. The molecule has 0 unspecified atom stereocenters. The molecule has 0 fully saturated rings. The van der Waals surface area contributed by atoms with Crippen molar-refractivity contribution in [3.63, 3.8) is 0 Å². The van der Waals surface area contributed by atoms with Crippen LogP contribution >= 0.6 is 0 Å². The Morgan fingerprint density at radius 2 is 0.917 bits per heavy atom. The van der Waals surface area contributed by atoms with Crippen LogP contribution in [0.1, 0.15) is 36.1 Å². The standard InChI is InChI=1S/C30H34O6/c1-9-17-19-11-15(3)25(27(31)21(19)13-23(33-5)29(17)35-7)26-16(4)12-20-18(10-2)30(36-8)24(34-6)14-22(20)28(26)32/h11-14,31-32H,9-10H2,1-8H3. The third kappa shape index (κ3) is 3.63. The lowest BCUT2D eigenvalue weighted by Crippen LogP contribution is -2.00. The molecule has 0 aliphatic rings. The molecule has 0 aliphatic heterocycles. The van der Waals surface area contributed by atoms with Crippen LogP contribution in [-0.2, 0) is 12.8 Å². The van der Waals surface area contributed by atoms with Crippen LogP contribution in [0, 0.1) is 13.8 Å². The minimum absolute atomic E-state index is 0.0922. The van der Waals surface area contributed by atoms with Crippen molar-refractivity contribution < 1.29 is 29.2 Å². The molecule has 0 atom stereocenters. The minimum atomic E-state index is 0.0922. The van der Waals surface area contributed by atoms with Crippen molar-refractivity contribution in [3.8, 4) is 45.6 Å². The first-order valence-electron chi connectivity index (χ1n) is 12.1. The van der Waals surface area contributed by atoms with E-state index in [1.807, 2.05) is 39.8 Å². The number of phenolic OH excluding ortho intramolecular Hbond substituents is 2. The van der Waals surface area contributed by atoms with Gasteiger partial charge in [0.05, 0.1) is 28.4 Å². The molecule has 4 aromatic carbocycles. The molecule has 6 nitrogen and oxygen atoms in total. The van der Waals surface area contributed by atoms with Gasteiger partial charge < -0.3 is 29.2 Å². The summed E-state index contributed by atoms with van der Waals surface area (Å²) in [7, 11) is 6.41. The Morgan fingerprint density at radius 1 is 0.556 bits per heavy atom. The van der Waals surface area contributed by atoms with Gasteiger partial charge in [-0.2, -0.15) is 0 Å². The van der Waals surface area contributed by atoms with Crippen molar-refractivity contribution in [3.05, 3.63) is 46.5 Å². The van der Waals surface area contributed by atoms with Gasteiger partial charge in [0.25, 0.3) is 0 Å². The van der Waals surface area contributed by atoms with Crippen LogP contribution < -0.4 is 18.9 Å². The largest absolute Gasteiger partial charge is 0.507 e. The van der Waals surface area contributed by atoms with Crippen molar-refractivity contribution in [2.75, 3.05) is 28.4 Å². The lowest BCUT2D eigenvalue weighted by molar-refractivity contribution is 0.353. The Hall–Kier alpha value is -3.80. The van der Waals surface area contributed by atoms with Gasteiger partial charge in [-0.05, 0) is 60.7 Å². The molecule has 0 saturated carbocycles. The molecule has 190 valence electrons. The zero-order chi connectivity index (χ0) is 26.3. The third-order valence-electron chi connectivity index (χ3n) is 7.08. The smallest absolute Gasteiger partial charge is 0.164 e. The van der Waals surface area contributed by atoms with Gasteiger partial charge in [-0.15, -0.1) is 0 Å². The quantitative estimate of drug-likeness (QED) is 0.295. The molecule has 0 aliphatic carbocycles. The minimum Gasteiger partial charge on any atom is -0.507 e. The molecule has 0 heterocycles. The molecule has 36 heavy (non-hydrogen) atoms. The second-order valence-electron chi connectivity index (χ2n) is 8.91. The summed E-state index contributed by atoms with van der Waals surface area (Å²) in [6.07, 6.45) is 1.41. The highest BCUT2D eigenvalue weighted by atomic mass is 16.5. The predicted octanol–water partition coefficient (Wildman–Crippen LogP) is 6.85. The second kappa shape index (κ2) is 9.69. The van der Waals surface area contributed by atoms with Crippen LogP contribution in [0.3, 0.4) is 0 Å². The highest BCUT2D eigenvalue weighted by molar-refractivity contribution is 6.05. The SMILES string of the molecule is CCc1c(OC)c(OC)cc2c(O)c(-c3c(C)cc4c(CC)c(OC)c(OC)cc4c3O)c(C)cc12. The van der Waals surface area contributed by atoms with E-state index in [-0.39, 0.29) is 11.5 Å². The number of aryl methyl sites for hydroxylation is 4. The maximum Gasteiger partial charge on any atom is 0.164 e. The van der Waals surface area contributed by atoms with Gasteiger partial charge >= 0.3 is 0 Å². The van der Waals surface area contributed by atoms with Crippen LogP contribution in [0.2, 0.25) is 0 Å². The molecule has 4 rings (SSSR count). The number of phenols is 2. The molecular weight excluding hydrogens is 456 g/mol. The molecule has 0 saturated heterocycles. The Balaban J connectivity index is 2.13. The summed E-state index contributed by atoms with van der Waals surface area (Å²) < 4.78 is 22.5. The van der Waals surface area contributed by atoms with Gasteiger partial charge in [-0.3, -0.25) is 0 Å². The fourth-order valence-electron chi connectivity index (χ4n) is 5.44. The maximum absolute atomic E-state index is 11.6. The summed E-state index contributed by atoms with van der Waals surface area (Å²) >= 11 is 0. The van der Waals surface area contributed by atoms with Crippen molar-refractivity contribution in [1.82, 2.24) is 0 Å². The van der Waals surface area contributed by atoms with Gasteiger partial charge in [0.15, 0.2) is 23.0 Å². The van der Waals surface area contributed by atoms with E-state index in [1.165, 1.54) is 0 Å². The molecule has 0 aromatic heterocycles. The van der Waals surface area contributed by atoms with E-state index < -0.39 is 0 Å². The number of ether oxygens (including phenoxy) is 4. The maximum atomic E-state index is 11.6. The van der Waals surface area contributed by atoms with Crippen molar-refractivity contribution in [1.29, 1.82) is 0 Å². The Morgan fingerprint density at radius 3 is 1.19 bits per heavy atom. The molecule has 0 amide bonds. The van der Waals surface area contributed by atoms with Gasteiger partial charge in [0, 0.05) is 33.0 Å². The van der Waals surface area contributed by atoms with Crippen LogP contribution in [0.5, 0.6) is 34.5 Å². The van der Waals surface area contributed by atoms with Gasteiger partial charge in [0.1, 0.15) is 11.5 Å². The number of rotatable bonds is 7. The van der Waals surface area contributed by atoms with E-state index in [0.717, 1.165) is 33.0 Å². The average Bonchev–Trinajstić information content (AvgIpc) is 2.88. The lowest BCUT2D eigenvalue weighted by Gasteiger charge is -2.22. The number of hydrogen-bond donors (Lipinski definition) is 2. The highest BCUT2D eigenvalue weighted by Gasteiger charge is 2.25. The Kier molecular flexibility index (Phi) is 6.81. The van der Waals surface area contributed by atoms with Crippen LogP contribution in [0.25, 0.3) is 32.7 Å². The second-order valence-corrected chi connectivity index (χ2v) is 8.91. The summed E-state index contributed by atoms with van der Waals surface area (Å²) in [5.41, 5.74) is 4.77. The van der Waals surface area contributed by atoms with E-state index >= 15 is 0 Å². The number of benzene rings is 4. The van der Waals surface area contributed by atoms with Crippen LogP contribution in [0.4, 0.5) is 0 Å². The van der Waals surface area contributed by atoms with E-state index in [1.54, 1.807) is 40.6 Å². The molecule has 4 aromatic rings. The van der Waals surface area contributed by atoms with Gasteiger partial charge in [-0.25, -0.2) is 0 Å². The number of aromatic hydroxyl groups is 2. The first kappa shape index (κ1) is 25.3. The van der Waals surface area contributed by atoms with Gasteiger partial charge in [0.2, 0.25) is 0 Å². The van der Waals surface area contributed by atoms with Crippen LogP contribution in [-0.4, -0.2) is 38.7 Å². The number of methoxy groups -OCH3 is 4. The van der Waals surface area contributed by atoms with Crippen molar-refractivity contribution >= 4 is 21.5 Å². The van der Waals surface area contributed by atoms with Crippen LogP contribution in [0.15, 0.2) is 24.3 Å². The average molecular weight is 491 g/mol. The predicted molar refractivity (Wildman–Crippen MR) is 145 cm³/mol. The fraction of sp³-hybridized carbons (Fsp3) is 0.333. The Labute approximate surface area is 212 Å². The van der Waals surface area contributed by atoms with Crippen molar-refractivity contribution in [2.45, 2.75) is 40.5 Å². The molecule has 0 radical (unpaired) electrons. The van der Waals surface area contributed by atoms with E-state index in [9.17, 15) is 10.2 Å². The first-order valence-corrected chi connectivity index (χ1v) is 12.1. The van der Waals surface area contributed by atoms with E-state index in [4.69, 9.17) is 18.9 Å². The number of hydrogen-bond acceptors (Lipinski definition) is 6. The fourth-order valence-corrected chi connectivity index (χ4v) is 5.44. The van der Waals surface area contributed by atoms with Crippen molar-refractivity contribution in [2.24, 2.45) is 0 Å². The summed E-state index contributed by atoms with van der Waals surface area (Å²) in [6, 6.07) is 7.67. The molecule has 0 bridgehead atoms. The molecule has 2 N–H and O–H groups in total. The normalized spacial score (nSPS) is 11.2.